The standard InChI is InChI=1S/C14H21F3N2/c1-3-5-8-19(4-2)13-7-6-12(14(15,16)17)9-11(13)10-18/h6-7,9H,3-5,8,10,18H2,1-2H3. The molecule has 0 amide bonds. The first-order chi connectivity index (χ1) is 8.93. The lowest BCUT2D eigenvalue weighted by atomic mass is 10.1. The van der Waals surface area contributed by atoms with E-state index in [4.69, 9.17) is 5.73 Å². The van der Waals surface area contributed by atoms with E-state index in [0.29, 0.717) is 5.56 Å². The van der Waals surface area contributed by atoms with Crippen LogP contribution >= 0.6 is 0 Å². The first kappa shape index (κ1) is 15.8. The Kier molecular flexibility index (Phi) is 5.66. The second-order valence-corrected chi connectivity index (χ2v) is 4.48. The summed E-state index contributed by atoms with van der Waals surface area (Å²) in [5.74, 6) is 0. The molecule has 0 aliphatic rings. The van der Waals surface area contributed by atoms with Crippen LogP contribution in [0.15, 0.2) is 18.2 Å². The molecule has 19 heavy (non-hydrogen) atoms. The smallest absolute Gasteiger partial charge is 0.372 e. The van der Waals surface area contributed by atoms with Crippen molar-refractivity contribution in [2.75, 3.05) is 18.0 Å². The zero-order valence-corrected chi connectivity index (χ0v) is 11.4. The van der Waals surface area contributed by atoms with E-state index in [1.807, 2.05) is 6.92 Å². The van der Waals surface area contributed by atoms with E-state index in [0.717, 1.165) is 43.8 Å². The van der Waals surface area contributed by atoms with Crippen LogP contribution in [0.2, 0.25) is 0 Å². The topological polar surface area (TPSA) is 29.3 Å². The van der Waals surface area contributed by atoms with E-state index in [-0.39, 0.29) is 6.54 Å². The van der Waals surface area contributed by atoms with Crippen LogP contribution in [0.1, 0.15) is 37.8 Å². The molecular weight excluding hydrogens is 253 g/mol. The van der Waals surface area contributed by atoms with Gasteiger partial charge in [0.1, 0.15) is 0 Å². The number of alkyl halides is 3. The number of rotatable bonds is 6. The van der Waals surface area contributed by atoms with Crippen molar-refractivity contribution in [3.8, 4) is 0 Å². The predicted molar refractivity (Wildman–Crippen MR) is 72.1 cm³/mol. The fourth-order valence-electron chi connectivity index (χ4n) is 2.03. The second kappa shape index (κ2) is 6.80. The van der Waals surface area contributed by atoms with Gasteiger partial charge in [0.05, 0.1) is 5.56 Å². The van der Waals surface area contributed by atoms with Crippen LogP contribution < -0.4 is 10.6 Å². The number of hydrogen-bond donors (Lipinski definition) is 1. The Balaban J connectivity index is 3.07. The molecule has 0 radical (unpaired) electrons. The van der Waals surface area contributed by atoms with E-state index in [2.05, 4.69) is 11.8 Å². The Morgan fingerprint density at radius 3 is 2.37 bits per heavy atom. The number of halogens is 3. The van der Waals surface area contributed by atoms with Gasteiger partial charge in [-0.2, -0.15) is 13.2 Å². The summed E-state index contributed by atoms with van der Waals surface area (Å²) >= 11 is 0. The molecule has 1 aromatic carbocycles. The third-order valence-corrected chi connectivity index (χ3v) is 3.13. The maximum absolute atomic E-state index is 12.7. The Hall–Kier alpha value is -1.23. The van der Waals surface area contributed by atoms with Crippen molar-refractivity contribution in [2.24, 2.45) is 5.73 Å². The van der Waals surface area contributed by atoms with Gasteiger partial charge in [0.15, 0.2) is 0 Å². The zero-order chi connectivity index (χ0) is 14.5. The fraction of sp³-hybridized carbons (Fsp3) is 0.571. The number of anilines is 1. The summed E-state index contributed by atoms with van der Waals surface area (Å²) in [6, 6.07) is 3.82. The van der Waals surface area contributed by atoms with Crippen molar-refractivity contribution in [3.05, 3.63) is 29.3 Å². The van der Waals surface area contributed by atoms with Gasteiger partial charge in [-0.15, -0.1) is 0 Å². The largest absolute Gasteiger partial charge is 0.416 e. The molecule has 0 atom stereocenters. The summed E-state index contributed by atoms with van der Waals surface area (Å²) < 4.78 is 38.0. The van der Waals surface area contributed by atoms with Crippen LogP contribution in [0, 0.1) is 0 Å². The van der Waals surface area contributed by atoms with Crippen molar-refractivity contribution in [1.29, 1.82) is 0 Å². The molecule has 0 saturated heterocycles. The van der Waals surface area contributed by atoms with Gasteiger partial charge >= 0.3 is 6.18 Å². The zero-order valence-electron chi connectivity index (χ0n) is 11.4. The average Bonchev–Trinajstić information content (AvgIpc) is 2.38. The Morgan fingerprint density at radius 2 is 1.89 bits per heavy atom. The van der Waals surface area contributed by atoms with Gasteiger partial charge in [-0.1, -0.05) is 13.3 Å². The molecule has 0 bridgehead atoms. The minimum atomic E-state index is -4.32. The molecule has 0 heterocycles. The SMILES string of the molecule is CCCCN(CC)c1ccc(C(F)(F)F)cc1CN. The van der Waals surface area contributed by atoms with Gasteiger partial charge in [0.2, 0.25) is 0 Å². The summed E-state index contributed by atoms with van der Waals surface area (Å²) in [6.45, 7) is 5.80. The molecule has 2 nitrogen and oxygen atoms in total. The lowest BCUT2D eigenvalue weighted by Crippen LogP contribution is -2.26. The van der Waals surface area contributed by atoms with Gasteiger partial charge in [0, 0.05) is 25.3 Å². The van der Waals surface area contributed by atoms with Crippen molar-refractivity contribution in [3.63, 3.8) is 0 Å². The van der Waals surface area contributed by atoms with Gasteiger partial charge in [0.25, 0.3) is 0 Å². The fourth-order valence-corrected chi connectivity index (χ4v) is 2.03. The minimum Gasteiger partial charge on any atom is -0.372 e. The highest BCUT2D eigenvalue weighted by Crippen LogP contribution is 2.32. The highest BCUT2D eigenvalue weighted by atomic mass is 19.4. The molecule has 0 aliphatic heterocycles. The normalized spacial score (nSPS) is 11.7. The van der Waals surface area contributed by atoms with Crippen LogP contribution in [0.4, 0.5) is 18.9 Å². The predicted octanol–water partition coefficient (Wildman–Crippen LogP) is 3.79. The van der Waals surface area contributed by atoms with Crippen LogP contribution in [-0.2, 0) is 12.7 Å². The molecule has 0 aliphatic carbocycles. The number of hydrogen-bond acceptors (Lipinski definition) is 2. The summed E-state index contributed by atoms with van der Waals surface area (Å²) in [5, 5.41) is 0. The molecule has 1 rings (SSSR count). The molecule has 0 saturated carbocycles. The molecule has 2 N–H and O–H groups in total. The van der Waals surface area contributed by atoms with Gasteiger partial charge < -0.3 is 10.6 Å². The average molecular weight is 274 g/mol. The van der Waals surface area contributed by atoms with Crippen molar-refractivity contribution < 1.29 is 13.2 Å². The molecule has 0 fully saturated rings. The first-order valence-electron chi connectivity index (χ1n) is 6.59. The van der Waals surface area contributed by atoms with E-state index < -0.39 is 11.7 Å². The Bertz CT molecular complexity index is 402. The molecule has 1 aromatic rings. The van der Waals surface area contributed by atoms with Crippen molar-refractivity contribution >= 4 is 5.69 Å². The molecule has 0 unspecified atom stereocenters. The van der Waals surface area contributed by atoms with Crippen LogP contribution in [0.5, 0.6) is 0 Å². The van der Waals surface area contributed by atoms with E-state index >= 15 is 0 Å². The van der Waals surface area contributed by atoms with Gasteiger partial charge in [-0.3, -0.25) is 0 Å². The molecule has 0 spiro atoms. The van der Waals surface area contributed by atoms with E-state index in [1.54, 1.807) is 0 Å². The molecule has 108 valence electrons. The molecular formula is C14H21F3N2. The Labute approximate surface area is 112 Å². The quantitative estimate of drug-likeness (QED) is 0.855. The molecule has 0 aromatic heterocycles. The van der Waals surface area contributed by atoms with Crippen molar-refractivity contribution in [1.82, 2.24) is 0 Å². The lowest BCUT2D eigenvalue weighted by molar-refractivity contribution is -0.137. The first-order valence-corrected chi connectivity index (χ1v) is 6.59. The number of benzene rings is 1. The highest BCUT2D eigenvalue weighted by molar-refractivity contribution is 5.55. The van der Waals surface area contributed by atoms with Crippen LogP contribution in [0.3, 0.4) is 0 Å². The third-order valence-electron chi connectivity index (χ3n) is 3.13. The number of unbranched alkanes of at least 4 members (excludes halogenated alkanes) is 1. The third kappa shape index (κ3) is 4.13. The summed E-state index contributed by atoms with van der Waals surface area (Å²) in [4.78, 5) is 2.08. The lowest BCUT2D eigenvalue weighted by Gasteiger charge is -2.26. The van der Waals surface area contributed by atoms with E-state index in [9.17, 15) is 13.2 Å². The Morgan fingerprint density at radius 1 is 1.21 bits per heavy atom. The summed E-state index contributed by atoms with van der Waals surface area (Å²) in [7, 11) is 0. The van der Waals surface area contributed by atoms with E-state index in [1.165, 1.54) is 6.07 Å². The second-order valence-electron chi connectivity index (χ2n) is 4.48. The number of nitrogens with zero attached hydrogens (tertiary/aromatic N) is 1. The number of nitrogens with two attached hydrogens (primary N) is 1. The van der Waals surface area contributed by atoms with Crippen LogP contribution in [-0.4, -0.2) is 13.1 Å². The van der Waals surface area contributed by atoms with Crippen LogP contribution in [0.25, 0.3) is 0 Å². The monoisotopic (exact) mass is 274 g/mol. The van der Waals surface area contributed by atoms with Gasteiger partial charge in [-0.25, -0.2) is 0 Å². The summed E-state index contributed by atoms with van der Waals surface area (Å²) in [5.41, 5.74) is 6.31. The minimum absolute atomic E-state index is 0.113. The maximum Gasteiger partial charge on any atom is 0.416 e. The molecule has 5 heteroatoms. The maximum atomic E-state index is 12.7. The van der Waals surface area contributed by atoms with Crippen molar-refractivity contribution in [2.45, 2.75) is 39.4 Å². The summed E-state index contributed by atoms with van der Waals surface area (Å²) in [6.07, 6.45) is -2.25. The van der Waals surface area contributed by atoms with Gasteiger partial charge in [-0.05, 0) is 37.1 Å². The highest BCUT2D eigenvalue weighted by Gasteiger charge is 2.31.